The predicted molar refractivity (Wildman–Crippen MR) is 61.8 cm³/mol. The molecular weight excluding hydrogens is 221 g/mol. The van der Waals surface area contributed by atoms with Gasteiger partial charge in [0, 0.05) is 25.2 Å². The van der Waals surface area contributed by atoms with Gasteiger partial charge in [0.25, 0.3) is 0 Å². The van der Waals surface area contributed by atoms with Crippen molar-refractivity contribution in [3.05, 3.63) is 29.6 Å². The first-order valence-corrected chi connectivity index (χ1v) is 6.06. The average molecular weight is 237 g/mol. The maximum absolute atomic E-state index is 13.0. The van der Waals surface area contributed by atoms with E-state index in [1.807, 2.05) is 6.07 Å². The van der Waals surface area contributed by atoms with Gasteiger partial charge in [-0.1, -0.05) is 6.07 Å². The molecule has 1 aromatic carbocycles. The molecular formula is C13H16FNO2. The first-order chi connectivity index (χ1) is 8.33. The number of hydrogen-bond acceptors (Lipinski definition) is 3. The van der Waals surface area contributed by atoms with Crippen LogP contribution in [-0.4, -0.2) is 43.9 Å². The van der Waals surface area contributed by atoms with E-state index in [0.29, 0.717) is 18.4 Å². The first-order valence-electron chi connectivity index (χ1n) is 6.06. The molecule has 0 amide bonds. The standard InChI is InChI=1S/C13H16FNO2/c14-11-2-1-10-7-12(9-17-13(10)8-11)15-3-5-16-6-4-15/h1-2,8,12H,3-7,9H2. The van der Waals surface area contributed by atoms with Crippen molar-refractivity contribution in [2.24, 2.45) is 0 Å². The second-order valence-electron chi connectivity index (χ2n) is 4.57. The highest BCUT2D eigenvalue weighted by Gasteiger charge is 2.26. The number of nitrogens with zero attached hydrogens (tertiary/aromatic N) is 1. The molecule has 3 rings (SSSR count). The lowest BCUT2D eigenvalue weighted by molar-refractivity contribution is 0.00243. The van der Waals surface area contributed by atoms with Gasteiger partial charge in [-0.3, -0.25) is 4.90 Å². The van der Waals surface area contributed by atoms with Gasteiger partial charge in [-0.25, -0.2) is 4.39 Å². The van der Waals surface area contributed by atoms with E-state index >= 15 is 0 Å². The Morgan fingerprint density at radius 3 is 2.88 bits per heavy atom. The summed E-state index contributed by atoms with van der Waals surface area (Å²) in [5.41, 5.74) is 1.11. The Balaban J connectivity index is 1.73. The van der Waals surface area contributed by atoms with Crippen molar-refractivity contribution in [3.8, 4) is 5.75 Å². The third kappa shape index (κ3) is 2.28. The number of halogens is 1. The molecule has 2 aliphatic rings. The van der Waals surface area contributed by atoms with Gasteiger partial charge in [-0.15, -0.1) is 0 Å². The van der Waals surface area contributed by atoms with Gasteiger partial charge in [0.1, 0.15) is 18.2 Å². The van der Waals surface area contributed by atoms with E-state index in [9.17, 15) is 4.39 Å². The first kappa shape index (κ1) is 11.0. The van der Waals surface area contributed by atoms with Crippen molar-refractivity contribution in [2.75, 3.05) is 32.9 Å². The SMILES string of the molecule is Fc1ccc2c(c1)OCC(N1CCOCC1)C2. The molecule has 0 spiro atoms. The van der Waals surface area contributed by atoms with Gasteiger partial charge in [0.15, 0.2) is 0 Å². The maximum atomic E-state index is 13.0. The van der Waals surface area contributed by atoms with Crippen LogP contribution in [0.2, 0.25) is 0 Å². The zero-order chi connectivity index (χ0) is 11.7. The van der Waals surface area contributed by atoms with Crippen LogP contribution in [0.4, 0.5) is 4.39 Å². The molecule has 0 saturated carbocycles. The monoisotopic (exact) mass is 237 g/mol. The number of ether oxygens (including phenoxy) is 2. The highest BCUT2D eigenvalue weighted by atomic mass is 19.1. The van der Waals surface area contributed by atoms with Crippen molar-refractivity contribution < 1.29 is 13.9 Å². The Labute approximate surface area is 100 Å². The molecule has 1 aromatic rings. The van der Waals surface area contributed by atoms with Crippen molar-refractivity contribution in [1.82, 2.24) is 4.90 Å². The largest absolute Gasteiger partial charge is 0.492 e. The zero-order valence-electron chi connectivity index (χ0n) is 9.69. The second kappa shape index (κ2) is 4.63. The Hall–Kier alpha value is -1.13. The Kier molecular flexibility index (Phi) is 2.99. The van der Waals surface area contributed by atoms with Crippen molar-refractivity contribution in [1.29, 1.82) is 0 Å². The van der Waals surface area contributed by atoms with Crippen LogP contribution in [0.25, 0.3) is 0 Å². The molecule has 1 saturated heterocycles. The molecule has 92 valence electrons. The van der Waals surface area contributed by atoms with Gasteiger partial charge >= 0.3 is 0 Å². The van der Waals surface area contributed by atoms with Crippen LogP contribution in [0.5, 0.6) is 5.75 Å². The van der Waals surface area contributed by atoms with E-state index < -0.39 is 0 Å². The minimum Gasteiger partial charge on any atom is -0.492 e. The fourth-order valence-electron chi connectivity index (χ4n) is 2.51. The molecule has 0 aromatic heterocycles. The molecule has 2 heterocycles. The lowest BCUT2D eigenvalue weighted by Crippen LogP contribution is -2.48. The van der Waals surface area contributed by atoms with Crippen LogP contribution in [-0.2, 0) is 11.2 Å². The fraction of sp³-hybridized carbons (Fsp3) is 0.538. The summed E-state index contributed by atoms with van der Waals surface area (Å²) in [6.07, 6.45) is 0.940. The minimum absolute atomic E-state index is 0.228. The van der Waals surface area contributed by atoms with Crippen molar-refractivity contribution in [3.63, 3.8) is 0 Å². The molecule has 2 aliphatic heterocycles. The van der Waals surface area contributed by atoms with Gasteiger partial charge in [0.05, 0.1) is 13.2 Å². The third-order valence-corrected chi connectivity index (χ3v) is 3.48. The van der Waals surface area contributed by atoms with E-state index in [1.165, 1.54) is 12.1 Å². The Morgan fingerprint density at radius 2 is 2.06 bits per heavy atom. The molecule has 0 radical (unpaired) electrons. The van der Waals surface area contributed by atoms with Crippen LogP contribution in [0.15, 0.2) is 18.2 Å². The van der Waals surface area contributed by atoms with E-state index in [4.69, 9.17) is 9.47 Å². The summed E-state index contributed by atoms with van der Waals surface area (Å²) in [4.78, 5) is 2.40. The molecule has 0 aliphatic carbocycles. The molecule has 0 bridgehead atoms. The van der Waals surface area contributed by atoms with E-state index in [1.54, 1.807) is 0 Å². The van der Waals surface area contributed by atoms with E-state index in [2.05, 4.69) is 4.90 Å². The number of fused-ring (bicyclic) bond motifs is 1. The van der Waals surface area contributed by atoms with E-state index in [-0.39, 0.29) is 5.82 Å². The van der Waals surface area contributed by atoms with Gasteiger partial charge in [-0.05, 0) is 18.1 Å². The summed E-state index contributed by atoms with van der Waals surface area (Å²) in [7, 11) is 0. The molecule has 17 heavy (non-hydrogen) atoms. The third-order valence-electron chi connectivity index (χ3n) is 3.48. The van der Waals surface area contributed by atoms with Gasteiger partial charge < -0.3 is 9.47 Å². The fourth-order valence-corrected chi connectivity index (χ4v) is 2.51. The Morgan fingerprint density at radius 1 is 1.24 bits per heavy atom. The highest BCUT2D eigenvalue weighted by Crippen LogP contribution is 2.27. The molecule has 1 atom stereocenters. The maximum Gasteiger partial charge on any atom is 0.126 e. The topological polar surface area (TPSA) is 21.7 Å². The van der Waals surface area contributed by atoms with Crippen molar-refractivity contribution in [2.45, 2.75) is 12.5 Å². The lowest BCUT2D eigenvalue weighted by atomic mass is 10.0. The van der Waals surface area contributed by atoms with Gasteiger partial charge in [-0.2, -0.15) is 0 Å². The molecule has 0 N–H and O–H groups in total. The van der Waals surface area contributed by atoms with Crippen molar-refractivity contribution >= 4 is 0 Å². The van der Waals surface area contributed by atoms with Crippen LogP contribution in [0, 0.1) is 5.82 Å². The normalized spacial score (nSPS) is 25.1. The molecule has 3 nitrogen and oxygen atoms in total. The molecule has 1 fully saturated rings. The van der Waals surface area contributed by atoms with Crippen LogP contribution in [0.1, 0.15) is 5.56 Å². The summed E-state index contributed by atoms with van der Waals surface area (Å²) >= 11 is 0. The van der Waals surface area contributed by atoms with Gasteiger partial charge in [0.2, 0.25) is 0 Å². The Bertz CT molecular complexity index is 404. The quantitative estimate of drug-likeness (QED) is 0.738. The summed E-state index contributed by atoms with van der Waals surface area (Å²) in [5.74, 6) is 0.475. The number of benzene rings is 1. The number of hydrogen-bond donors (Lipinski definition) is 0. The average Bonchev–Trinajstić information content (AvgIpc) is 2.39. The van der Waals surface area contributed by atoms with Crippen LogP contribution >= 0.6 is 0 Å². The highest BCUT2D eigenvalue weighted by molar-refractivity contribution is 5.36. The van der Waals surface area contributed by atoms with Crippen LogP contribution < -0.4 is 4.74 Å². The summed E-state index contributed by atoms with van der Waals surface area (Å²) in [5, 5.41) is 0. The lowest BCUT2D eigenvalue weighted by Gasteiger charge is -2.37. The summed E-state index contributed by atoms with van der Waals surface area (Å²) in [6, 6.07) is 5.21. The summed E-state index contributed by atoms with van der Waals surface area (Å²) < 4.78 is 24.0. The smallest absolute Gasteiger partial charge is 0.126 e. The molecule has 4 heteroatoms. The second-order valence-corrected chi connectivity index (χ2v) is 4.57. The predicted octanol–water partition coefficient (Wildman–Crippen LogP) is 1.46. The van der Waals surface area contributed by atoms with Crippen LogP contribution in [0.3, 0.4) is 0 Å². The minimum atomic E-state index is -0.228. The number of rotatable bonds is 1. The number of morpholine rings is 1. The summed E-state index contributed by atoms with van der Waals surface area (Å²) in [6.45, 7) is 4.17. The van der Waals surface area contributed by atoms with E-state index in [0.717, 1.165) is 38.3 Å². The molecule has 1 unspecified atom stereocenters. The zero-order valence-corrected chi connectivity index (χ0v) is 9.69.